The van der Waals surface area contributed by atoms with E-state index in [9.17, 15) is 0 Å². The molecule has 12 aromatic rings. The van der Waals surface area contributed by atoms with Gasteiger partial charge in [0.2, 0.25) is 0 Å². The molecule has 2 heteroatoms. The van der Waals surface area contributed by atoms with E-state index >= 15 is 0 Å². The molecule has 0 radical (unpaired) electrons. The molecule has 10 aromatic carbocycles. The van der Waals surface area contributed by atoms with E-state index in [0.717, 1.165) is 27.6 Å². The van der Waals surface area contributed by atoms with E-state index in [1.165, 1.54) is 99.3 Å². The highest BCUT2D eigenvalue weighted by Gasteiger charge is 2.59. The maximum Gasteiger partial charge on any atom is 0.135 e. The Bertz CT molecular complexity index is 3860. The summed E-state index contributed by atoms with van der Waals surface area (Å²) in [5.41, 5.74) is 20.2. The van der Waals surface area contributed by atoms with Gasteiger partial charge in [-0.15, -0.1) is 0 Å². The van der Waals surface area contributed by atoms with Crippen molar-refractivity contribution >= 4 is 54.5 Å². The zero-order chi connectivity index (χ0) is 40.3. The fourth-order valence-corrected chi connectivity index (χ4v) is 12.7. The lowest BCUT2D eigenvalue weighted by Gasteiger charge is -2.48. The van der Waals surface area contributed by atoms with Crippen LogP contribution in [0.4, 0.5) is 0 Å². The number of hydrogen-bond donors (Lipinski definition) is 0. The van der Waals surface area contributed by atoms with Crippen molar-refractivity contribution in [2.24, 2.45) is 0 Å². The van der Waals surface area contributed by atoms with Gasteiger partial charge in [0.25, 0.3) is 0 Å². The summed E-state index contributed by atoms with van der Waals surface area (Å²) in [5.74, 6) is 0. The van der Waals surface area contributed by atoms with Crippen LogP contribution >= 0.6 is 0 Å². The van der Waals surface area contributed by atoms with Crippen LogP contribution in [-0.4, -0.2) is 4.57 Å². The van der Waals surface area contributed by atoms with Crippen LogP contribution in [0.2, 0.25) is 0 Å². The number of rotatable bonds is 1. The molecule has 2 aromatic heterocycles. The molecule has 0 unspecified atom stereocenters. The minimum absolute atomic E-state index is 0.482. The van der Waals surface area contributed by atoms with Crippen molar-refractivity contribution in [2.45, 2.75) is 10.8 Å². The predicted molar refractivity (Wildman–Crippen MR) is 254 cm³/mol. The van der Waals surface area contributed by atoms with Crippen LogP contribution in [-0.2, 0) is 10.8 Å². The van der Waals surface area contributed by atoms with Gasteiger partial charge in [0.15, 0.2) is 0 Å². The Labute approximate surface area is 357 Å². The Hall–Kier alpha value is -7.94. The van der Waals surface area contributed by atoms with Crippen molar-refractivity contribution in [3.8, 4) is 27.9 Å². The number of furan rings is 1. The average molecular weight is 786 g/mol. The highest BCUT2D eigenvalue weighted by molar-refractivity contribution is 6.24. The molecule has 3 aliphatic carbocycles. The van der Waals surface area contributed by atoms with Crippen molar-refractivity contribution in [3.05, 3.63) is 257 Å². The smallest absolute Gasteiger partial charge is 0.135 e. The topological polar surface area (TPSA) is 18.1 Å². The van der Waals surface area contributed by atoms with Gasteiger partial charge in [-0.2, -0.15) is 0 Å². The summed E-state index contributed by atoms with van der Waals surface area (Å²) in [5, 5.41) is 7.29. The molecule has 0 saturated carbocycles. The molecule has 0 amide bonds. The number of para-hydroxylation sites is 1. The van der Waals surface area contributed by atoms with Crippen LogP contribution in [0.1, 0.15) is 44.5 Å². The molecule has 2 heterocycles. The van der Waals surface area contributed by atoms with Gasteiger partial charge in [-0.3, -0.25) is 0 Å². The average Bonchev–Trinajstić information content (AvgIpc) is 4.06. The molecule has 3 aliphatic rings. The summed E-state index contributed by atoms with van der Waals surface area (Å²) in [7, 11) is 0. The SMILES string of the molecule is c1ccc2c(c1)-c1ccccc1C21c2ccccc2C2(c3ccccc3-c3c2ccc2c4c5ccccc5ccc4n(-c4ccc5oc6ccccc6c5c4)c32)c2ccccc21. The minimum atomic E-state index is -0.584. The summed E-state index contributed by atoms with van der Waals surface area (Å²) in [4.78, 5) is 0. The van der Waals surface area contributed by atoms with Gasteiger partial charge in [0.1, 0.15) is 11.2 Å². The second kappa shape index (κ2) is 11.5. The molecule has 2 spiro atoms. The lowest BCUT2D eigenvalue weighted by atomic mass is 9.52. The first-order chi connectivity index (χ1) is 30.8. The number of benzene rings is 10. The monoisotopic (exact) mass is 785 g/mol. The fraction of sp³-hybridized carbons (Fsp3) is 0.0333. The first kappa shape index (κ1) is 32.9. The van der Waals surface area contributed by atoms with Crippen LogP contribution in [0.5, 0.6) is 0 Å². The standard InChI is InChI=1S/C60H35NO/c1-2-16-38-36(15-1)29-33-53-56(38)43-31-32-52-57(58(43)61(53)37-30-34-55-44(35-37)41-19-6-14-28-54(41)62-55)42-20-5-9-23-47(42)60(52)50-26-12-10-24-48(50)59(49-25-11-13-27-51(49)60)45-21-7-3-17-39(45)40-18-4-8-22-46(40)59/h1-35H. The van der Waals surface area contributed by atoms with Gasteiger partial charge in [-0.25, -0.2) is 0 Å². The molecule has 2 nitrogen and oxygen atoms in total. The summed E-state index contributed by atoms with van der Waals surface area (Å²) in [6.45, 7) is 0. The molecule has 0 atom stereocenters. The van der Waals surface area contributed by atoms with Crippen LogP contribution in [0.3, 0.4) is 0 Å². The maximum atomic E-state index is 6.39. The third kappa shape index (κ3) is 3.68. The molecule has 0 N–H and O–H groups in total. The van der Waals surface area contributed by atoms with Crippen LogP contribution < -0.4 is 0 Å². The van der Waals surface area contributed by atoms with Crippen molar-refractivity contribution < 1.29 is 4.42 Å². The van der Waals surface area contributed by atoms with Crippen LogP contribution in [0.25, 0.3) is 82.5 Å². The van der Waals surface area contributed by atoms with Gasteiger partial charge in [0.05, 0.1) is 21.9 Å². The Balaban J connectivity index is 1.13. The molecule has 286 valence electrons. The molecule has 0 aliphatic heterocycles. The van der Waals surface area contributed by atoms with Gasteiger partial charge < -0.3 is 8.98 Å². The highest BCUT2D eigenvalue weighted by Crippen LogP contribution is 2.68. The third-order valence-electron chi connectivity index (χ3n) is 14.9. The molecular weight excluding hydrogens is 751 g/mol. The Morgan fingerprint density at radius 2 is 0.855 bits per heavy atom. The number of aromatic nitrogens is 1. The van der Waals surface area contributed by atoms with E-state index in [1.807, 2.05) is 6.07 Å². The lowest BCUT2D eigenvalue weighted by Crippen LogP contribution is -2.43. The molecule has 0 saturated heterocycles. The van der Waals surface area contributed by atoms with E-state index in [2.05, 4.69) is 211 Å². The van der Waals surface area contributed by atoms with E-state index in [4.69, 9.17) is 4.42 Å². The summed E-state index contributed by atoms with van der Waals surface area (Å²) in [6.07, 6.45) is 0. The zero-order valence-corrected chi connectivity index (χ0v) is 33.6. The molecule has 62 heavy (non-hydrogen) atoms. The van der Waals surface area contributed by atoms with E-state index in [-0.39, 0.29) is 0 Å². The van der Waals surface area contributed by atoms with Crippen molar-refractivity contribution in [3.63, 3.8) is 0 Å². The molecular formula is C60H35NO. The van der Waals surface area contributed by atoms with E-state index < -0.39 is 10.8 Å². The lowest BCUT2D eigenvalue weighted by molar-refractivity contribution is 0.633. The Morgan fingerprint density at radius 1 is 0.339 bits per heavy atom. The predicted octanol–water partition coefficient (Wildman–Crippen LogP) is 14.9. The quantitative estimate of drug-likeness (QED) is 0.162. The summed E-state index contributed by atoms with van der Waals surface area (Å²) in [6, 6.07) is 79.9. The van der Waals surface area contributed by atoms with Crippen molar-refractivity contribution in [1.82, 2.24) is 4.57 Å². The minimum Gasteiger partial charge on any atom is -0.456 e. The largest absolute Gasteiger partial charge is 0.456 e. The maximum absolute atomic E-state index is 6.39. The molecule has 15 rings (SSSR count). The number of nitrogens with zero attached hydrogens (tertiary/aromatic N) is 1. The highest BCUT2D eigenvalue weighted by atomic mass is 16.3. The molecule has 0 fully saturated rings. The van der Waals surface area contributed by atoms with E-state index in [0.29, 0.717) is 0 Å². The summed E-state index contributed by atoms with van der Waals surface area (Å²) < 4.78 is 8.95. The fourth-order valence-electron chi connectivity index (χ4n) is 12.7. The first-order valence-corrected chi connectivity index (χ1v) is 21.7. The number of fused-ring (bicyclic) bond motifs is 25. The molecule has 0 bridgehead atoms. The summed E-state index contributed by atoms with van der Waals surface area (Å²) >= 11 is 0. The van der Waals surface area contributed by atoms with Crippen molar-refractivity contribution in [1.29, 1.82) is 0 Å². The first-order valence-electron chi connectivity index (χ1n) is 21.7. The van der Waals surface area contributed by atoms with Gasteiger partial charge in [-0.05, 0) is 102 Å². The number of hydrogen-bond acceptors (Lipinski definition) is 1. The zero-order valence-electron chi connectivity index (χ0n) is 33.6. The van der Waals surface area contributed by atoms with Crippen LogP contribution in [0, 0.1) is 0 Å². The van der Waals surface area contributed by atoms with Gasteiger partial charge in [0, 0.05) is 32.8 Å². The normalized spacial score (nSPS) is 14.7. The van der Waals surface area contributed by atoms with E-state index in [1.54, 1.807) is 0 Å². The van der Waals surface area contributed by atoms with Gasteiger partial charge >= 0.3 is 0 Å². The second-order valence-electron chi connectivity index (χ2n) is 17.4. The van der Waals surface area contributed by atoms with Crippen LogP contribution in [0.15, 0.2) is 217 Å². The second-order valence-corrected chi connectivity index (χ2v) is 17.4. The Morgan fingerprint density at radius 3 is 1.53 bits per heavy atom. The Kier molecular flexibility index (Phi) is 6.07. The third-order valence-corrected chi connectivity index (χ3v) is 14.9. The van der Waals surface area contributed by atoms with Crippen molar-refractivity contribution in [2.75, 3.05) is 0 Å². The van der Waals surface area contributed by atoms with Gasteiger partial charge in [-0.1, -0.05) is 182 Å².